The summed E-state index contributed by atoms with van der Waals surface area (Å²) in [6.45, 7) is 4.63. The van der Waals surface area contributed by atoms with E-state index in [0.717, 1.165) is 0 Å². The molecule has 2 aliphatic heterocycles. The fraction of sp³-hybridized carbons (Fsp3) is 0.556. The summed E-state index contributed by atoms with van der Waals surface area (Å²) >= 11 is 0. The molecule has 0 spiro atoms. The van der Waals surface area contributed by atoms with Crippen molar-refractivity contribution in [2.45, 2.75) is 19.4 Å². The molecular weight excluding hydrogens is 194 g/mol. The van der Waals surface area contributed by atoms with E-state index in [1.165, 1.54) is 0 Å². The number of nitrogens with zero attached hydrogens (tertiary/aromatic N) is 4. The Morgan fingerprint density at radius 2 is 2.07 bits per heavy atom. The summed E-state index contributed by atoms with van der Waals surface area (Å²) in [5.41, 5.74) is 5.44. The van der Waals surface area contributed by atoms with Gasteiger partial charge in [0, 0.05) is 13.6 Å². The molecule has 15 heavy (non-hydrogen) atoms. The average molecular weight is 207 g/mol. The first-order valence-corrected chi connectivity index (χ1v) is 4.68. The van der Waals surface area contributed by atoms with Crippen molar-refractivity contribution in [1.82, 2.24) is 4.90 Å². The van der Waals surface area contributed by atoms with Crippen LogP contribution in [0.1, 0.15) is 13.8 Å². The molecule has 0 aromatic heterocycles. The van der Waals surface area contributed by atoms with Gasteiger partial charge >= 0.3 is 5.91 Å². The number of aliphatic imine (C=N–C) groups is 3. The smallest absolute Gasteiger partial charge is 0.302 e. The minimum Gasteiger partial charge on any atom is -0.368 e. The number of hydrogen-bond acceptors (Lipinski definition) is 5. The van der Waals surface area contributed by atoms with Crippen molar-refractivity contribution in [2.24, 2.45) is 20.7 Å². The van der Waals surface area contributed by atoms with Gasteiger partial charge in [0.15, 0.2) is 11.5 Å². The maximum atomic E-state index is 11.6. The van der Waals surface area contributed by atoms with Crippen LogP contribution >= 0.6 is 0 Å². The zero-order chi connectivity index (χ0) is 11.2. The first kappa shape index (κ1) is 9.82. The molecule has 0 atom stereocenters. The Labute approximate surface area is 87.6 Å². The normalized spacial score (nSPS) is 24.1. The van der Waals surface area contributed by atoms with Gasteiger partial charge in [-0.25, -0.2) is 0 Å². The highest BCUT2D eigenvalue weighted by Crippen LogP contribution is 2.19. The number of likely N-dealkylation sites (N-methyl/N-ethyl adjacent to an activating group) is 1. The minimum atomic E-state index is -0.405. The van der Waals surface area contributed by atoms with Crippen LogP contribution in [0.4, 0.5) is 0 Å². The third-order valence-corrected chi connectivity index (χ3v) is 2.25. The number of fused-ring (bicyclic) bond motifs is 1. The molecule has 0 saturated carbocycles. The number of carbonyl (C=O) groups is 1. The van der Waals surface area contributed by atoms with E-state index >= 15 is 0 Å². The number of amidine groups is 1. The van der Waals surface area contributed by atoms with Crippen molar-refractivity contribution >= 4 is 23.4 Å². The van der Waals surface area contributed by atoms with Gasteiger partial charge in [-0.15, -0.1) is 0 Å². The summed E-state index contributed by atoms with van der Waals surface area (Å²) in [4.78, 5) is 25.4. The van der Waals surface area contributed by atoms with Gasteiger partial charge in [-0.05, 0) is 13.8 Å². The molecule has 0 fully saturated rings. The highest BCUT2D eigenvalue weighted by Gasteiger charge is 2.35. The zero-order valence-corrected chi connectivity index (χ0v) is 8.98. The third-order valence-electron chi connectivity index (χ3n) is 2.25. The molecule has 0 aliphatic carbocycles. The fourth-order valence-corrected chi connectivity index (χ4v) is 1.80. The SMILES string of the molecule is CN1CC(C)(C)N=C2C(=O)N=C(N)N=C21. The van der Waals surface area contributed by atoms with Crippen molar-refractivity contribution < 1.29 is 4.79 Å². The van der Waals surface area contributed by atoms with Crippen LogP contribution in [-0.4, -0.2) is 47.4 Å². The molecule has 0 aromatic carbocycles. The Hall–Kier alpha value is -1.72. The fourth-order valence-electron chi connectivity index (χ4n) is 1.80. The van der Waals surface area contributed by atoms with Crippen LogP contribution in [-0.2, 0) is 4.79 Å². The Bertz CT molecular complexity index is 418. The van der Waals surface area contributed by atoms with Crippen LogP contribution < -0.4 is 5.73 Å². The quantitative estimate of drug-likeness (QED) is 0.576. The van der Waals surface area contributed by atoms with Gasteiger partial charge in [0.2, 0.25) is 5.96 Å². The topological polar surface area (TPSA) is 83.4 Å². The van der Waals surface area contributed by atoms with Crippen LogP contribution in [0.15, 0.2) is 15.0 Å². The number of nitrogens with two attached hydrogens (primary N) is 1. The summed E-state index contributed by atoms with van der Waals surface area (Å²) in [7, 11) is 1.86. The predicted molar refractivity (Wildman–Crippen MR) is 58.2 cm³/mol. The summed E-state index contributed by atoms with van der Waals surface area (Å²) < 4.78 is 0. The molecule has 6 nitrogen and oxygen atoms in total. The third kappa shape index (κ3) is 1.62. The van der Waals surface area contributed by atoms with E-state index in [1.807, 2.05) is 25.8 Å². The summed E-state index contributed by atoms with van der Waals surface area (Å²) in [5.74, 6) is 0.115. The molecule has 2 aliphatic rings. The molecule has 0 unspecified atom stereocenters. The molecule has 6 heteroatoms. The summed E-state index contributed by atoms with van der Waals surface area (Å²) in [6, 6.07) is 0. The van der Waals surface area contributed by atoms with Gasteiger partial charge in [0.05, 0.1) is 5.54 Å². The van der Waals surface area contributed by atoms with E-state index in [-0.39, 0.29) is 11.5 Å². The number of guanidine groups is 1. The highest BCUT2D eigenvalue weighted by atomic mass is 16.1. The zero-order valence-electron chi connectivity index (χ0n) is 8.98. The van der Waals surface area contributed by atoms with Crippen molar-refractivity contribution in [3.63, 3.8) is 0 Å². The lowest BCUT2D eigenvalue weighted by Crippen LogP contribution is -2.51. The Morgan fingerprint density at radius 3 is 2.73 bits per heavy atom. The van der Waals surface area contributed by atoms with Crippen molar-refractivity contribution in [3.05, 3.63) is 0 Å². The predicted octanol–water partition coefficient (Wildman–Crippen LogP) is -0.595. The molecule has 0 saturated heterocycles. The Morgan fingerprint density at radius 1 is 1.40 bits per heavy atom. The number of hydrogen-bond donors (Lipinski definition) is 1. The largest absolute Gasteiger partial charge is 0.368 e. The van der Waals surface area contributed by atoms with Crippen molar-refractivity contribution in [2.75, 3.05) is 13.6 Å². The maximum absolute atomic E-state index is 11.6. The molecule has 80 valence electrons. The van der Waals surface area contributed by atoms with Crippen LogP contribution in [0, 0.1) is 0 Å². The molecule has 1 amide bonds. The van der Waals surface area contributed by atoms with Crippen molar-refractivity contribution in [1.29, 1.82) is 0 Å². The van der Waals surface area contributed by atoms with Crippen LogP contribution in [0.2, 0.25) is 0 Å². The van der Waals surface area contributed by atoms with Gasteiger partial charge in [0.1, 0.15) is 0 Å². The summed E-state index contributed by atoms with van der Waals surface area (Å²) in [6.07, 6.45) is 0. The number of rotatable bonds is 0. The van der Waals surface area contributed by atoms with E-state index < -0.39 is 5.91 Å². The van der Waals surface area contributed by atoms with Gasteiger partial charge in [-0.3, -0.25) is 9.79 Å². The second kappa shape index (κ2) is 2.88. The maximum Gasteiger partial charge on any atom is 0.302 e. The van der Waals surface area contributed by atoms with Crippen LogP contribution in [0.3, 0.4) is 0 Å². The lowest BCUT2D eigenvalue weighted by molar-refractivity contribution is -0.111. The lowest BCUT2D eigenvalue weighted by atomic mass is 10.0. The lowest BCUT2D eigenvalue weighted by Gasteiger charge is -2.35. The molecule has 2 N–H and O–H groups in total. The number of carbonyl (C=O) groups excluding carboxylic acids is 1. The molecule has 2 heterocycles. The average Bonchev–Trinajstić information content (AvgIpc) is 2.06. The van der Waals surface area contributed by atoms with E-state index in [0.29, 0.717) is 18.1 Å². The molecule has 0 radical (unpaired) electrons. The second-order valence-electron chi connectivity index (χ2n) is 4.34. The van der Waals surface area contributed by atoms with E-state index in [4.69, 9.17) is 5.73 Å². The molecule has 0 bridgehead atoms. The first-order valence-electron chi connectivity index (χ1n) is 4.68. The first-order chi connectivity index (χ1) is 6.89. The second-order valence-corrected chi connectivity index (χ2v) is 4.34. The van der Waals surface area contributed by atoms with E-state index in [1.54, 1.807) is 0 Å². The van der Waals surface area contributed by atoms with Gasteiger partial charge in [0.25, 0.3) is 0 Å². The number of amides is 1. The Balaban J connectivity index is 2.53. The molecular formula is C9H13N5O. The molecule has 0 aromatic rings. The van der Waals surface area contributed by atoms with Gasteiger partial charge < -0.3 is 10.6 Å². The van der Waals surface area contributed by atoms with Crippen molar-refractivity contribution in [3.8, 4) is 0 Å². The van der Waals surface area contributed by atoms with Crippen LogP contribution in [0.5, 0.6) is 0 Å². The Kier molecular flexibility index (Phi) is 1.89. The molecule has 2 rings (SSSR count). The van der Waals surface area contributed by atoms with Crippen LogP contribution in [0.25, 0.3) is 0 Å². The van der Waals surface area contributed by atoms with Gasteiger partial charge in [-0.2, -0.15) is 9.98 Å². The van der Waals surface area contributed by atoms with E-state index in [9.17, 15) is 4.79 Å². The standard InChI is InChI=1S/C9H13N5O/c1-9(2)4-14(3)6-5(13-9)7(15)12-8(10)11-6/h4H2,1-3H3,(H2,10,12,15). The summed E-state index contributed by atoms with van der Waals surface area (Å²) in [5, 5.41) is 0. The van der Waals surface area contributed by atoms with E-state index in [2.05, 4.69) is 15.0 Å². The highest BCUT2D eigenvalue weighted by molar-refractivity contribution is 6.69. The monoisotopic (exact) mass is 207 g/mol. The van der Waals surface area contributed by atoms with Gasteiger partial charge in [-0.1, -0.05) is 0 Å². The minimum absolute atomic E-state index is 0.000469.